The van der Waals surface area contributed by atoms with Crippen LogP contribution in [-0.2, 0) is 6.54 Å². The normalized spacial score (nSPS) is 11.0. The zero-order valence-corrected chi connectivity index (χ0v) is 16.1. The molecule has 0 saturated heterocycles. The first-order valence-electron chi connectivity index (χ1n) is 8.74. The fraction of sp³-hybridized carbons (Fsp3) is 0.0952. The third kappa shape index (κ3) is 3.77. The highest BCUT2D eigenvalue weighted by Crippen LogP contribution is 2.22. The van der Waals surface area contributed by atoms with E-state index >= 15 is 0 Å². The predicted octanol–water partition coefficient (Wildman–Crippen LogP) is 3.63. The fourth-order valence-electron chi connectivity index (χ4n) is 2.98. The molecule has 0 amide bonds. The number of rotatable bonds is 4. The average molecular weight is 413 g/mol. The maximum atomic E-state index is 13.1. The molecule has 8 heteroatoms. The molecule has 0 unspecified atom stereocenters. The van der Waals surface area contributed by atoms with E-state index in [1.807, 2.05) is 0 Å². The van der Waals surface area contributed by atoms with Gasteiger partial charge in [0.25, 0.3) is 11.5 Å². The summed E-state index contributed by atoms with van der Waals surface area (Å²) in [6.45, 7) is 1.84. The molecule has 4 rings (SSSR count). The molecule has 146 valence electrons. The van der Waals surface area contributed by atoms with Crippen molar-refractivity contribution in [2.75, 3.05) is 0 Å². The van der Waals surface area contributed by atoms with Crippen LogP contribution < -0.4 is 14.9 Å². The summed E-state index contributed by atoms with van der Waals surface area (Å²) in [5.41, 5.74) is 1.11. The van der Waals surface area contributed by atoms with Crippen LogP contribution in [-0.4, -0.2) is 14.5 Å². The number of aromatic nitrogens is 3. The van der Waals surface area contributed by atoms with Crippen LogP contribution in [0, 0.1) is 12.7 Å². The van der Waals surface area contributed by atoms with Gasteiger partial charge in [0, 0.05) is 17.8 Å². The Morgan fingerprint density at radius 2 is 1.86 bits per heavy atom. The third-order valence-corrected chi connectivity index (χ3v) is 4.71. The predicted molar refractivity (Wildman–Crippen MR) is 105 cm³/mol. The first-order valence-corrected chi connectivity index (χ1v) is 9.12. The summed E-state index contributed by atoms with van der Waals surface area (Å²) >= 11 is 5.83. The number of ether oxygens (including phenoxy) is 1. The Hall–Kier alpha value is -3.45. The quantitative estimate of drug-likeness (QED) is 0.410. The number of hydrogen-bond donors (Lipinski definition) is 1. The highest BCUT2D eigenvalue weighted by molar-refractivity contribution is 6.29. The van der Waals surface area contributed by atoms with Crippen molar-refractivity contribution >= 4 is 17.2 Å². The van der Waals surface area contributed by atoms with E-state index in [1.54, 1.807) is 42.0 Å². The second kappa shape index (κ2) is 7.52. The number of nitrogens with zero attached hydrogens (tertiary/aromatic N) is 3. The molecule has 3 heterocycles. The van der Waals surface area contributed by atoms with Crippen molar-refractivity contribution in [1.29, 1.82) is 0 Å². The topological polar surface area (TPSA) is 67.7 Å². The molecule has 0 aliphatic heterocycles. The molecular formula is C21H16ClFN3O3+. The van der Waals surface area contributed by atoms with Crippen LogP contribution in [0.2, 0.25) is 5.15 Å². The molecule has 0 saturated carbocycles. The third-order valence-electron chi connectivity index (χ3n) is 4.49. The first-order chi connectivity index (χ1) is 13.9. The Kier molecular flexibility index (Phi) is 4.90. The molecule has 3 aromatic heterocycles. The van der Waals surface area contributed by atoms with Gasteiger partial charge in [-0.25, -0.2) is 14.2 Å². The van der Waals surface area contributed by atoms with Crippen LogP contribution in [0.15, 0.2) is 65.7 Å². The highest BCUT2D eigenvalue weighted by Gasteiger charge is 2.22. The molecule has 1 aromatic carbocycles. The van der Waals surface area contributed by atoms with E-state index in [4.69, 9.17) is 16.3 Å². The summed E-state index contributed by atoms with van der Waals surface area (Å²) in [6, 6.07) is 12.4. The smallest absolute Gasteiger partial charge is 0.349 e. The van der Waals surface area contributed by atoms with Crippen molar-refractivity contribution in [2.45, 2.75) is 13.5 Å². The average Bonchev–Trinajstić information content (AvgIpc) is 2.73. The number of fused-ring (bicyclic) bond motifs is 1. The fourth-order valence-corrected chi connectivity index (χ4v) is 3.09. The lowest BCUT2D eigenvalue weighted by Gasteiger charge is -2.10. The van der Waals surface area contributed by atoms with Gasteiger partial charge < -0.3 is 9.84 Å². The van der Waals surface area contributed by atoms with Gasteiger partial charge in [-0.15, -0.1) is 0 Å². The Balaban J connectivity index is 1.79. The van der Waals surface area contributed by atoms with Gasteiger partial charge in [0.15, 0.2) is 5.75 Å². The molecule has 4 aromatic rings. The number of benzene rings is 1. The van der Waals surface area contributed by atoms with Gasteiger partial charge >= 0.3 is 5.56 Å². The van der Waals surface area contributed by atoms with Crippen molar-refractivity contribution in [3.63, 3.8) is 0 Å². The molecule has 0 atom stereocenters. The Morgan fingerprint density at radius 1 is 1.14 bits per heavy atom. The van der Waals surface area contributed by atoms with Crippen LogP contribution >= 0.6 is 11.6 Å². The molecule has 0 spiro atoms. The van der Waals surface area contributed by atoms with E-state index in [-0.39, 0.29) is 22.8 Å². The van der Waals surface area contributed by atoms with Crippen molar-refractivity contribution in [1.82, 2.24) is 9.38 Å². The molecule has 0 fully saturated rings. The molecule has 1 N–H and O–H groups in total. The van der Waals surface area contributed by atoms with Crippen LogP contribution in [0.4, 0.5) is 4.39 Å². The largest absolute Gasteiger partial charge is 0.477 e. The molecule has 0 bridgehead atoms. The number of aromatic hydroxyl groups is 1. The second-order valence-corrected chi connectivity index (χ2v) is 6.87. The van der Waals surface area contributed by atoms with Crippen LogP contribution in [0.1, 0.15) is 11.1 Å². The first kappa shape index (κ1) is 18.9. The lowest BCUT2D eigenvalue weighted by molar-refractivity contribution is -0.672. The van der Waals surface area contributed by atoms with Gasteiger partial charge in [-0.3, -0.25) is 0 Å². The molecular weight excluding hydrogens is 397 g/mol. The molecule has 0 aliphatic rings. The van der Waals surface area contributed by atoms with Gasteiger partial charge in [0.1, 0.15) is 35.0 Å². The minimum atomic E-state index is -0.368. The number of halogens is 2. The SMILES string of the molecule is Cc1c(O)[n+](Cc2ccc(Cl)nc2)c2ccc(Oc3ccc(F)cc3)cn2c1=O. The molecule has 0 aliphatic carbocycles. The van der Waals surface area contributed by atoms with Crippen LogP contribution in [0.25, 0.3) is 5.65 Å². The van der Waals surface area contributed by atoms with Gasteiger partial charge in [-0.2, -0.15) is 8.97 Å². The lowest BCUT2D eigenvalue weighted by atomic mass is 10.2. The van der Waals surface area contributed by atoms with E-state index < -0.39 is 0 Å². The van der Waals surface area contributed by atoms with E-state index in [0.717, 1.165) is 5.56 Å². The summed E-state index contributed by atoms with van der Waals surface area (Å²) in [5.74, 6) is 0.346. The summed E-state index contributed by atoms with van der Waals surface area (Å²) in [6.07, 6.45) is 3.14. The Bertz CT molecular complexity index is 1260. The van der Waals surface area contributed by atoms with E-state index in [0.29, 0.717) is 28.8 Å². The maximum absolute atomic E-state index is 13.1. The lowest BCUT2D eigenvalue weighted by Crippen LogP contribution is -2.41. The van der Waals surface area contributed by atoms with E-state index in [1.165, 1.54) is 34.9 Å². The molecule has 0 radical (unpaired) electrons. The van der Waals surface area contributed by atoms with Crippen LogP contribution in [0.3, 0.4) is 0 Å². The Labute approximate surface area is 170 Å². The maximum Gasteiger partial charge on any atom is 0.349 e. The standard InChI is InChI=1S/C21H15ClFN3O3/c1-13-20(27)25(11-14-2-8-18(22)24-10-14)19-9-7-17(12-26(19)21(13)28)29-16-5-3-15(23)4-6-16/h2-10,12H,11H2,1H3/p+1. The Morgan fingerprint density at radius 3 is 2.55 bits per heavy atom. The minimum Gasteiger partial charge on any atom is -0.477 e. The highest BCUT2D eigenvalue weighted by atomic mass is 35.5. The summed E-state index contributed by atoms with van der Waals surface area (Å²) in [7, 11) is 0. The molecule has 29 heavy (non-hydrogen) atoms. The van der Waals surface area contributed by atoms with Gasteiger partial charge in [-0.05, 0) is 43.3 Å². The number of pyridine rings is 2. The molecule has 6 nitrogen and oxygen atoms in total. The zero-order valence-electron chi connectivity index (χ0n) is 15.3. The second-order valence-electron chi connectivity index (χ2n) is 6.48. The van der Waals surface area contributed by atoms with Gasteiger partial charge in [0.05, 0.1) is 0 Å². The zero-order chi connectivity index (χ0) is 20.5. The van der Waals surface area contributed by atoms with Crippen molar-refractivity contribution in [3.05, 3.63) is 93.4 Å². The van der Waals surface area contributed by atoms with E-state index in [9.17, 15) is 14.3 Å². The summed E-state index contributed by atoms with van der Waals surface area (Å²) in [5, 5.41) is 10.9. The van der Waals surface area contributed by atoms with Crippen molar-refractivity contribution in [2.24, 2.45) is 0 Å². The number of hydrogen-bond acceptors (Lipinski definition) is 4. The summed E-state index contributed by atoms with van der Waals surface area (Å²) in [4.78, 5) is 16.7. The van der Waals surface area contributed by atoms with E-state index in [2.05, 4.69) is 4.98 Å². The van der Waals surface area contributed by atoms with Gasteiger partial charge in [0.2, 0.25) is 0 Å². The van der Waals surface area contributed by atoms with Crippen molar-refractivity contribution < 1.29 is 18.8 Å². The minimum absolute atomic E-state index is 0.128. The van der Waals surface area contributed by atoms with Crippen LogP contribution in [0.5, 0.6) is 17.4 Å². The van der Waals surface area contributed by atoms with Crippen molar-refractivity contribution in [3.8, 4) is 17.4 Å². The monoisotopic (exact) mass is 412 g/mol. The van der Waals surface area contributed by atoms with Gasteiger partial charge in [-0.1, -0.05) is 17.7 Å². The summed E-state index contributed by atoms with van der Waals surface area (Å²) < 4.78 is 21.8.